The van der Waals surface area contributed by atoms with Gasteiger partial charge in [-0.2, -0.15) is 0 Å². The Labute approximate surface area is 96.3 Å². The van der Waals surface area contributed by atoms with Crippen LogP contribution in [0, 0.1) is 6.92 Å². The van der Waals surface area contributed by atoms with Crippen molar-refractivity contribution in [1.82, 2.24) is 4.98 Å². The van der Waals surface area contributed by atoms with Gasteiger partial charge in [0.25, 0.3) is 0 Å². The smallest absolute Gasteiger partial charge is 0.147 e. The standard InChI is InChI=1S/C11H17NO3S/c1-9-8-12-6-5-10(9)11(13)4-3-7-16(2,14)15/h5-6,8,11,13H,3-4,7H2,1-2H3. The van der Waals surface area contributed by atoms with Crippen molar-refractivity contribution in [3.05, 3.63) is 29.6 Å². The number of nitrogens with zero attached hydrogens (tertiary/aromatic N) is 1. The average molecular weight is 243 g/mol. The molecule has 0 bridgehead atoms. The summed E-state index contributed by atoms with van der Waals surface area (Å²) in [6.07, 6.45) is 4.85. The number of hydrogen-bond donors (Lipinski definition) is 1. The summed E-state index contributed by atoms with van der Waals surface area (Å²) in [5.74, 6) is 0.119. The van der Waals surface area contributed by atoms with E-state index >= 15 is 0 Å². The molecule has 0 saturated carbocycles. The molecule has 1 unspecified atom stereocenters. The quantitative estimate of drug-likeness (QED) is 0.845. The molecule has 0 aliphatic heterocycles. The van der Waals surface area contributed by atoms with E-state index in [1.165, 1.54) is 6.26 Å². The number of hydrogen-bond acceptors (Lipinski definition) is 4. The highest BCUT2D eigenvalue weighted by Crippen LogP contribution is 2.20. The molecule has 4 nitrogen and oxygen atoms in total. The molecule has 1 rings (SSSR count). The van der Waals surface area contributed by atoms with Crippen LogP contribution in [0.1, 0.15) is 30.1 Å². The molecule has 90 valence electrons. The summed E-state index contributed by atoms with van der Waals surface area (Å²) in [4.78, 5) is 3.94. The van der Waals surface area contributed by atoms with Crippen molar-refractivity contribution in [3.63, 3.8) is 0 Å². The Morgan fingerprint density at radius 2 is 2.19 bits per heavy atom. The molecule has 0 fully saturated rings. The van der Waals surface area contributed by atoms with Gasteiger partial charge in [-0.1, -0.05) is 0 Å². The van der Waals surface area contributed by atoms with Crippen LogP contribution in [0.4, 0.5) is 0 Å². The molecular formula is C11H17NO3S. The second kappa shape index (κ2) is 5.41. The van der Waals surface area contributed by atoms with Gasteiger partial charge < -0.3 is 5.11 Å². The number of rotatable bonds is 5. The number of aliphatic hydroxyl groups excluding tert-OH is 1. The van der Waals surface area contributed by atoms with Crippen molar-refractivity contribution in [2.24, 2.45) is 0 Å². The fraction of sp³-hybridized carbons (Fsp3) is 0.545. The second-order valence-corrected chi connectivity index (χ2v) is 6.28. The van der Waals surface area contributed by atoms with E-state index in [4.69, 9.17) is 0 Å². The Bertz CT molecular complexity index is 442. The molecule has 1 heterocycles. The minimum atomic E-state index is -2.94. The van der Waals surface area contributed by atoms with Gasteiger partial charge in [0.15, 0.2) is 0 Å². The zero-order valence-electron chi connectivity index (χ0n) is 9.55. The Morgan fingerprint density at radius 3 is 2.75 bits per heavy atom. The molecule has 0 spiro atoms. The molecule has 0 aromatic carbocycles. The fourth-order valence-corrected chi connectivity index (χ4v) is 2.24. The van der Waals surface area contributed by atoms with E-state index in [-0.39, 0.29) is 5.75 Å². The van der Waals surface area contributed by atoms with Gasteiger partial charge in [-0.15, -0.1) is 0 Å². The molecular weight excluding hydrogens is 226 g/mol. The normalized spacial score (nSPS) is 13.7. The zero-order valence-corrected chi connectivity index (χ0v) is 10.4. The number of pyridine rings is 1. The maximum atomic E-state index is 10.9. The lowest BCUT2D eigenvalue weighted by atomic mass is 10.0. The summed E-state index contributed by atoms with van der Waals surface area (Å²) in [7, 11) is -2.94. The first-order valence-corrected chi connectivity index (χ1v) is 7.22. The Hall–Kier alpha value is -0.940. The van der Waals surface area contributed by atoms with E-state index in [9.17, 15) is 13.5 Å². The summed E-state index contributed by atoms with van der Waals surface area (Å²) < 4.78 is 21.8. The van der Waals surface area contributed by atoms with Gasteiger partial charge in [0.05, 0.1) is 6.10 Å². The molecule has 0 radical (unpaired) electrons. The monoisotopic (exact) mass is 243 g/mol. The van der Waals surface area contributed by atoms with E-state index < -0.39 is 15.9 Å². The minimum absolute atomic E-state index is 0.119. The van der Waals surface area contributed by atoms with Crippen LogP contribution >= 0.6 is 0 Å². The largest absolute Gasteiger partial charge is 0.388 e. The highest BCUT2D eigenvalue weighted by atomic mass is 32.2. The summed E-state index contributed by atoms with van der Waals surface area (Å²) in [6, 6.07) is 1.76. The van der Waals surface area contributed by atoms with Gasteiger partial charge in [-0.3, -0.25) is 4.98 Å². The summed E-state index contributed by atoms with van der Waals surface area (Å²) in [5.41, 5.74) is 1.75. The third-order valence-corrected chi connectivity index (χ3v) is 3.45. The van der Waals surface area contributed by atoms with Gasteiger partial charge in [0.2, 0.25) is 0 Å². The van der Waals surface area contributed by atoms with Crippen LogP contribution in [-0.2, 0) is 9.84 Å². The van der Waals surface area contributed by atoms with Crippen LogP contribution in [0.15, 0.2) is 18.5 Å². The van der Waals surface area contributed by atoms with Crippen LogP contribution in [0.3, 0.4) is 0 Å². The molecule has 5 heteroatoms. The predicted octanol–water partition coefficient (Wildman–Crippen LogP) is 1.25. The second-order valence-electron chi connectivity index (χ2n) is 4.02. The molecule has 0 saturated heterocycles. The van der Waals surface area contributed by atoms with E-state index in [0.717, 1.165) is 11.1 Å². The lowest BCUT2D eigenvalue weighted by molar-refractivity contribution is 0.166. The van der Waals surface area contributed by atoms with Crippen molar-refractivity contribution in [2.45, 2.75) is 25.9 Å². The topological polar surface area (TPSA) is 67.3 Å². The Kier molecular flexibility index (Phi) is 4.44. The fourth-order valence-electron chi connectivity index (χ4n) is 1.55. The molecule has 0 aliphatic rings. The first-order valence-electron chi connectivity index (χ1n) is 5.16. The van der Waals surface area contributed by atoms with Gasteiger partial charge in [0.1, 0.15) is 9.84 Å². The number of aliphatic hydroxyl groups is 1. The van der Waals surface area contributed by atoms with E-state index in [0.29, 0.717) is 12.8 Å². The van der Waals surface area contributed by atoms with E-state index in [1.807, 2.05) is 6.92 Å². The number of aromatic nitrogens is 1. The third-order valence-electron chi connectivity index (χ3n) is 2.42. The van der Waals surface area contributed by atoms with E-state index in [1.54, 1.807) is 18.5 Å². The molecule has 1 aromatic heterocycles. The Balaban J connectivity index is 2.54. The number of aryl methyl sites for hydroxylation is 1. The van der Waals surface area contributed by atoms with Crippen LogP contribution in [0.5, 0.6) is 0 Å². The lowest BCUT2D eigenvalue weighted by Crippen LogP contribution is -2.06. The lowest BCUT2D eigenvalue weighted by Gasteiger charge is -2.12. The third kappa shape index (κ3) is 4.28. The summed E-state index contributed by atoms with van der Waals surface area (Å²) in [5, 5.41) is 9.88. The molecule has 1 aromatic rings. The first-order chi connectivity index (χ1) is 7.40. The zero-order chi connectivity index (χ0) is 12.2. The predicted molar refractivity (Wildman–Crippen MR) is 62.9 cm³/mol. The summed E-state index contributed by atoms with van der Waals surface area (Å²) >= 11 is 0. The minimum Gasteiger partial charge on any atom is -0.388 e. The Morgan fingerprint density at radius 1 is 1.50 bits per heavy atom. The van der Waals surface area contributed by atoms with Crippen LogP contribution in [0.2, 0.25) is 0 Å². The van der Waals surface area contributed by atoms with Crippen LogP contribution in [-0.4, -0.2) is 30.5 Å². The van der Waals surface area contributed by atoms with Crippen molar-refractivity contribution >= 4 is 9.84 Å². The van der Waals surface area contributed by atoms with Crippen LogP contribution in [0.25, 0.3) is 0 Å². The van der Waals surface area contributed by atoms with Gasteiger partial charge in [-0.05, 0) is 37.0 Å². The molecule has 0 amide bonds. The maximum absolute atomic E-state index is 10.9. The van der Waals surface area contributed by atoms with Gasteiger partial charge in [0, 0.05) is 24.4 Å². The van der Waals surface area contributed by atoms with E-state index in [2.05, 4.69) is 4.98 Å². The van der Waals surface area contributed by atoms with Crippen LogP contribution < -0.4 is 0 Å². The number of sulfone groups is 1. The average Bonchev–Trinajstić information content (AvgIpc) is 2.16. The van der Waals surface area contributed by atoms with Crippen molar-refractivity contribution in [1.29, 1.82) is 0 Å². The van der Waals surface area contributed by atoms with Crippen molar-refractivity contribution in [2.75, 3.05) is 12.0 Å². The first kappa shape index (κ1) is 13.1. The molecule has 16 heavy (non-hydrogen) atoms. The molecule has 1 N–H and O–H groups in total. The van der Waals surface area contributed by atoms with Crippen molar-refractivity contribution < 1.29 is 13.5 Å². The molecule has 0 aliphatic carbocycles. The highest BCUT2D eigenvalue weighted by molar-refractivity contribution is 7.90. The highest BCUT2D eigenvalue weighted by Gasteiger charge is 2.11. The summed E-state index contributed by atoms with van der Waals surface area (Å²) in [6.45, 7) is 1.88. The SMILES string of the molecule is Cc1cnccc1C(O)CCCS(C)(=O)=O. The maximum Gasteiger partial charge on any atom is 0.147 e. The molecule has 1 atom stereocenters. The van der Waals surface area contributed by atoms with Gasteiger partial charge in [-0.25, -0.2) is 8.42 Å². The van der Waals surface area contributed by atoms with Gasteiger partial charge >= 0.3 is 0 Å². The van der Waals surface area contributed by atoms with Crippen molar-refractivity contribution in [3.8, 4) is 0 Å².